The fraction of sp³-hybridized carbons (Fsp3) is 0.429. The Bertz CT molecular complexity index is 1310. The molecule has 43 heavy (non-hydrogen) atoms. The molecule has 3 rings (SSSR count). The molecule has 3 aromatic rings. The second-order valence-corrected chi connectivity index (χ2v) is 13.8. The first-order valence-electron chi connectivity index (χ1n) is 14.6. The van der Waals surface area contributed by atoms with Crippen molar-refractivity contribution in [3.63, 3.8) is 0 Å². The summed E-state index contributed by atoms with van der Waals surface area (Å²) in [6.07, 6.45) is 0.845. The number of unbranched alkanes of at least 4 members (excludes halogenated alkanes) is 1. The standard InChI is InChI=1S/C18H20O3.C17H27NO3S/c1-18(2,3)14-9-11-15(12-10-14)21-16(17(19)20)13-7-5-4-6-8-13;1-6-7-12-22(20)18(13-16(19)21-5)15-10-8-14(9-11-15)17(2,3)4/h4-12,16H,1-3H3,(H,19,20);8-11H,6-7,12-13H2,1-5H3. The number of nitrogens with zero attached hydrogens (tertiary/aromatic N) is 1. The largest absolute Gasteiger partial charge is 0.478 e. The molecule has 0 saturated heterocycles. The summed E-state index contributed by atoms with van der Waals surface area (Å²) in [4.78, 5) is 23.0. The Morgan fingerprint density at radius 1 is 0.837 bits per heavy atom. The molecule has 2 unspecified atom stereocenters. The molecule has 0 heterocycles. The van der Waals surface area contributed by atoms with E-state index in [9.17, 15) is 18.9 Å². The van der Waals surface area contributed by atoms with Crippen LogP contribution in [0, 0.1) is 0 Å². The number of esters is 1. The Morgan fingerprint density at radius 3 is 1.79 bits per heavy atom. The van der Waals surface area contributed by atoms with E-state index in [4.69, 9.17) is 9.47 Å². The van der Waals surface area contributed by atoms with Crippen LogP contribution in [-0.4, -0.2) is 40.7 Å². The number of carboxylic acid groups (broad SMARTS) is 1. The average Bonchev–Trinajstić information content (AvgIpc) is 2.97. The Morgan fingerprint density at radius 2 is 1.35 bits per heavy atom. The van der Waals surface area contributed by atoms with Gasteiger partial charge in [0.15, 0.2) is 0 Å². The lowest BCUT2D eigenvalue weighted by Crippen LogP contribution is -2.33. The maximum absolute atomic E-state index is 12.5. The highest BCUT2D eigenvalue weighted by atomic mass is 32.2. The summed E-state index contributed by atoms with van der Waals surface area (Å²) in [7, 11) is 0.119. The SMILES string of the molecule is CC(C)(C)c1ccc(OC(C(=O)O)c2ccccc2)cc1.CCCCS(=O)N(CC(=O)OC)c1ccc(C(C)(C)C)cc1. The lowest BCUT2D eigenvalue weighted by molar-refractivity contribution is -0.145. The topological polar surface area (TPSA) is 93.1 Å². The molecule has 0 bridgehead atoms. The van der Waals surface area contributed by atoms with Crippen molar-refractivity contribution in [1.82, 2.24) is 0 Å². The second kappa shape index (κ2) is 16.3. The molecule has 3 aromatic carbocycles. The lowest BCUT2D eigenvalue weighted by atomic mass is 9.87. The number of benzene rings is 3. The smallest absolute Gasteiger partial charge is 0.349 e. The number of carbonyl (C=O) groups excluding carboxylic acids is 1. The normalized spacial score (nSPS) is 12.7. The Balaban J connectivity index is 0.000000300. The summed E-state index contributed by atoms with van der Waals surface area (Å²) < 4.78 is 24.4. The van der Waals surface area contributed by atoms with E-state index in [1.54, 1.807) is 28.6 Å². The molecule has 0 radical (unpaired) electrons. The number of carboxylic acids is 1. The third kappa shape index (κ3) is 11.5. The van der Waals surface area contributed by atoms with Gasteiger partial charge < -0.3 is 14.6 Å². The number of aliphatic carboxylic acids is 1. The molecular formula is C35H47NO6S. The summed E-state index contributed by atoms with van der Waals surface area (Å²) in [5.41, 5.74) is 3.92. The van der Waals surface area contributed by atoms with Gasteiger partial charge in [0.1, 0.15) is 23.3 Å². The minimum absolute atomic E-state index is 0.00168. The average molecular weight is 610 g/mol. The molecule has 0 spiro atoms. The number of carbonyl (C=O) groups is 2. The number of ether oxygens (including phenoxy) is 2. The van der Waals surface area contributed by atoms with Gasteiger partial charge in [-0.2, -0.15) is 0 Å². The van der Waals surface area contributed by atoms with E-state index in [1.807, 2.05) is 54.6 Å². The van der Waals surface area contributed by atoms with Gasteiger partial charge in [0.2, 0.25) is 6.10 Å². The maximum Gasteiger partial charge on any atom is 0.349 e. The quantitative estimate of drug-likeness (QED) is 0.225. The van der Waals surface area contributed by atoms with Crippen molar-refractivity contribution in [3.05, 3.63) is 95.6 Å². The summed E-state index contributed by atoms with van der Waals surface area (Å²) in [5.74, 6) is -0.278. The third-order valence-electron chi connectivity index (χ3n) is 6.74. The highest BCUT2D eigenvalue weighted by molar-refractivity contribution is 7.86. The van der Waals surface area contributed by atoms with Crippen molar-refractivity contribution in [2.75, 3.05) is 23.7 Å². The fourth-order valence-corrected chi connectivity index (χ4v) is 5.39. The second-order valence-electron chi connectivity index (χ2n) is 12.3. The zero-order chi connectivity index (χ0) is 32.2. The van der Waals surface area contributed by atoms with E-state index >= 15 is 0 Å². The van der Waals surface area contributed by atoms with Crippen LogP contribution in [0.2, 0.25) is 0 Å². The van der Waals surface area contributed by atoms with Gasteiger partial charge in [0.25, 0.3) is 0 Å². The van der Waals surface area contributed by atoms with Crippen molar-refractivity contribution >= 4 is 28.6 Å². The molecule has 0 saturated carbocycles. The molecule has 2 atom stereocenters. The van der Waals surface area contributed by atoms with E-state index in [0.717, 1.165) is 18.5 Å². The molecule has 1 N–H and O–H groups in total. The van der Waals surface area contributed by atoms with Gasteiger partial charge in [0.05, 0.1) is 7.11 Å². The van der Waals surface area contributed by atoms with E-state index in [-0.39, 0.29) is 23.3 Å². The number of methoxy groups -OCH3 is 1. The number of rotatable bonds is 11. The highest BCUT2D eigenvalue weighted by Crippen LogP contribution is 2.28. The summed E-state index contributed by atoms with van der Waals surface area (Å²) in [6, 6.07) is 24.4. The van der Waals surface area contributed by atoms with E-state index in [1.165, 1.54) is 18.2 Å². The van der Waals surface area contributed by atoms with Crippen molar-refractivity contribution in [1.29, 1.82) is 0 Å². The first-order chi connectivity index (χ1) is 20.2. The Kier molecular flexibility index (Phi) is 13.4. The molecule has 0 aliphatic rings. The predicted octanol–water partition coefficient (Wildman–Crippen LogP) is 7.62. The van der Waals surface area contributed by atoms with Crippen LogP contribution >= 0.6 is 0 Å². The molecule has 0 aromatic heterocycles. The molecule has 7 nitrogen and oxygen atoms in total. The van der Waals surface area contributed by atoms with Gasteiger partial charge in [-0.25, -0.2) is 9.00 Å². The molecule has 8 heteroatoms. The van der Waals surface area contributed by atoms with Crippen LogP contribution < -0.4 is 9.04 Å². The van der Waals surface area contributed by atoms with Gasteiger partial charge >= 0.3 is 11.9 Å². The summed E-state index contributed by atoms with van der Waals surface area (Å²) in [5, 5.41) is 9.35. The highest BCUT2D eigenvalue weighted by Gasteiger charge is 2.22. The zero-order valence-electron chi connectivity index (χ0n) is 26.8. The first-order valence-corrected chi connectivity index (χ1v) is 15.8. The van der Waals surface area contributed by atoms with Crippen LogP contribution in [0.25, 0.3) is 0 Å². The molecular weight excluding hydrogens is 562 g/mol. The van der Waals surface area contributed by atoms with E-state index in [2.05, 4.69) is 48.5 Å². The van der Waals surface area contributed by atoms with Gasteiger partial charge in [-0.05, 0) is 52.6 Å². The third-order valence-corrected chi connectivity index (χ3v) is 8.21. The predicted molar refractivity (Wildman–Crippen MR) is 175 cm³/mol. The molecule has 234 valence electrons. The van der Waals surface area contributed by atoms with Crippen LogP contribution in [0.5, 0.6) is 5.75 Å². The molecule has 0 aliphatic carbocycles. The van der Waals surface area contributed by atoms with Crippen molar-refractivity contribution in [3.8, 4) is 5.75 Å². The lowest BCUT2D eigenvalue weighted by Gasteiger charge is -2.24. The molecule has 0 fully saturated rings. The minimum Gasteiger partial charge on any atom is -0.478 e. The monoisotopic (exact) mass is 609 g/mol. The Labute approximate surface area is 259 Å². The number of hydrogen-bond acceptors (Lipinski definition) is 5. The van der Waals surface area contributed by atoms with E-state index < -0.39 is 23.1 Å². The van der Waals surface area contributed by atoms with Crippen LogP contribution in [-0.2, 0) is 36.1 Å². The van der Waals surface area contributed by atoms with E-state index in [0.29, 0.717) is 17.1 Å². The van der Waals surface area contributed by atoms with Crippen LogP contribution in [0.1, 0.15) is 84.1 Å². The van der Waals surface area contributed by atoms with Gasteiger partial charge in [0, 0.05) is 17.0 Å². The van der Waals surface area contributed by atoms with Crippen LogP contribution in [0.4, 0.5) is 5.69 Å². The van der Waals surface area contributed by atoms with Gasteiger partial charge in [-0.1, -0.05) is 109 Å². The first kappa shape index (κ1) is 35.5. The number of hydrogen-bond donors (Lipinski definition) is 1. The van der Waals surface area contributed by atoms with Gasteiger partial charge in [-0.15, -0.1) is 0 Å². The zero-order valence-corrected chi connectivity index (χ0v) is 27.6. The van der Waals surface area contributed by atoms with Crippen LogP contribution in [0.3, 0.4) is 0 Å². The van der Waals surface area contributed by atoms with Crippen molar-refractivity contribution in [2.24, 2.45) is 0 Å². The maximum atomic E-state index is 12.5. The Hall–Kier alpha value is -3.65. The summed E-state index contributed by atoms with van der Waals surface area (Å²) in [6.45, 7) is 14.9. The van der Waals surface area contributed by atoms with Gasteiger partial charge in [-0.3, -0.25) is 9.10 Å². The molecule has 0 amide bonds. The summed E-state index contributed by atoms with van der Waals surface area (Å²) >= 11 is 0. The van der Waals surface area contributed by atoms with Crippen molar-refractivity contribution < 1.29 is 28.4 Å². The van der Waals surface area contributed by atoms with Crippen LogP contribution in [0.15, 0.2) is 78.9 Å². The number of anilines is 1. The minimum atomic E-state index is -1.23. The fourth-order valence-electron chi connectivity index (χ4n) is 4.03. The van der Waals surface area contributed by atoms with Crippen molar-refractivity contribution in [2.45, 2.75) is 78.2 Å². The molecule has 0 aliphatic heterocycles.